The summed E-state index contributed by atoms with van der Waals surface area (Å²) in [6.07, 6.45) is 0. The summed E-state index contributed by atoms with van der Waals surface area (Å²) in [6, 6.07) is 6.32. The number of ether oxygens (including phenoxy) is 1. The summed E-state index contributed by atoms with van der Waals surface area (Å²) in [6.45, 7) is 3.28. The van der Waals surface area contributed by atoms with Gasteiger partial charge in [0.15, 0.2) is 5.78 Å². The molecular weight excluding hydrogens is 284 g/mol. The van der Waals surface area contributed by atoms with E-state index in [1.54, 1.807) is 18.2 Å². The van der Waals surface area contributed by atoms with Crippen molar-refractivity contribution in [2.75, 3.05) is 7.11 Å². The third kappa shape index (κ3) is 2.02. The highest BCUT2D eigenvalue weighted by Gasteiger charge is 2.16. The van der Waals surface area contributed by atoms with Crippen molar-refractivity contribution in [1.82, 2.24) is 0 Å². The molecule has 3 aromatic rings. The van der Waals surface area contributed by atoms with Gasteiger partial charge < -0.3 is 14.3 Å². The largest absolute Gasteiger partial charge is 0.507 e. The van der Waals surface area contributed by atoms with Crippen molar-refractivity contribution >= 4 is 27.5 Å². The fourth-order valence-corrected chi connectivity index (χ4v) is 2.67. The van der Waals surface area contributed by atoms with Crippen LogP contribution in [0.2, 0.25) is 0 Å². The average molecular weight is 298 g/mol. The van der Waals surface area contributed by atoms with Crippen molar-refractivity contribution in [3.8, 4) is 11.5 Å². The van der Waals surface area contributed by atoms with E-state index in [0.717, 1.165) is 5.56 Å². The summed E-state index contributed by atoms with van der Waals surface area (Å²) in [5, 5.41) is 11.4. The Balaban J connectivity index is 2.57. The zero-order chi connectivity index (χ0) is 16.0. The fraction of sp³-hybridized carbons (Fsp3) is 0.176. The Morgan fingerprint density at radius 3 is 2.55 bits per heavy atom. The van der Waals surface area contributed by atoms with Gasteiger partial charge in [-0.15, -0.1) is 0 Å². The number of aryl methyl sites for hydroxylation is 1. The molecule has 0 spiro atoms. The Kier molecular flexibility index (Phi) is 3.13. The zero-order valence-electron chi connectivity index (χ0n) is 12.4. The van der Waals surface area contributed by atoms with E-state index >= 15 is 0 Å². The third-order valence-corrected chi connectivity index (χ3v) is 3.71. The van der Waals surface area contributed by atoms with Crippen LogP contribution in [0.5, 0.6) is 11.5 Å². The molecule has 1 N–H and O–H groups in total. The minimum atomic E-state index is -0.650. The molecule has 5 heteroatoms. The Morgan fingerprint density at radius 1 is 1.18 bits per heavy atom. The summed E-state index contributed by atoms with van der Waals surface area (Å²) in [5.41, 5.74) is 0.918. The Morgan fingerprint density at radius 2 is 1.91 bits per heavy atom. The van der Waals surface area contributed by atoms with E-state index in [1.807, 2.05) is 6.92 Å². The normalized spacial score (nSPS) is 11.0. The highest BCUT2D eigenvalue weighted by molar-refractivity contribution is 6.10. The van der Waals surface area contributed by atoms with Crippen LogP contribution in [0.25, 0.3) is 21.7 Å². The van der Waals surface area contributed by atoms with E-state index in [-0.39, 0.29) is 16.9 Å². The molecule has 2 aromatic carbocycles. The van der Waals surface area contributed by atoms with Crippen LogP contribution in [0.1, 0.15) is 22.8 Å². The number of rotatable bonds is 2. The van der Waals surface area contributed by atoms with Crippen molar-refractivity contribution in [3.05, 3.63) is 45.8 Å². The number of fused-ring (bicyclic) bond motifs is 3. The molecule has 22 heavy (non-hydrogen) atoms. The average Bonchev–Trinajstić information content (AvgIpc) is 2.45. The van der Waals surface area contributed by atoms with Gasteiger partial charge in [-0.1, -0.05) is 0 Å². The molecule has 0 amide bonds. The van der Waals surface area contributed by atoms with Crippen LogP contribution in [0.4, 0.5) is 0 Å². The van der Waals surface area contributed by atoms with Gasteiger partial charge in [-0.2, -0.15) is 0 Å². The van der Waals surface area contributed by atoms with Crippen LogP contribution in [-0.4, -0.2) is 18.0 Å². The second-order valence-corrected chi connectivity index (χ2v) is 5.18. The predicted molar refractivity (Wildman–Crippen MR) is 82.9 cm³/mol. The number of benzene rings is 2. The Labute approximate surface area is 125 Å². The molecular formula is C17H14O5. The summed E-state index contributed by atoms with van der Waals surface area (Å²) >= 11 is 0. The summed E-state index contributed by atoms with van der Waals surface area (Å²) < 4.78 is 10.4. The minimum Gasteiger partial charge on any atom is -0.507 e. The Bertz CT molecular complexity index is 982. The predicted octanol–water partition coefficient (Wildman–Crippen LogP) is 3.17. The summed E-state index contributed by atoms with van der Waals surface area (Å²) in [7, 11) is 1.48. The first-order chi connectivity index (χ1) is 10.4. The molecule has 0 bridgehead atoms. The van der Waals surface area contributed by atoms with Crippen molar-refractivity contribution < 1.29 is 19.1 Å². The second-order valence-electron chi connectivity index (χ2n) is 5.18. The lowest BCUT2D eigenvalue weighted by Gasteiger charge is -2.10. The fourth-order valence-electron chi connectivity index (χ4n) is 2.67. The molecule has 0 saturated carbocycles. The molecule has 0 fully saturated rings. The van der Waals surface area contributed by atoms with Gasteiger partial charge in [-0.25, -0.2) is 4.79 Å². The number of phenolic OH excluding ortho intramolecular Hbond substituents is 1. The van der Waals surface area contributed by atoms with Gasteiger partial charge in [0.2, 0.25) is 0 Å². The van der Waals surface area contributed by atoms with E-state index in [1.165, 1.54) is 20.1 Å². The van der Waals surface area contributed by atoms with E-state index < -0.39 is 5.63 Å². The minimum absolute atomic E-state index is 0.104. The number of hydrogen-bond acceptors (Lipinski definition) is 5. The van der Waals surface area contributed by atoms with Crippen molar-refractivity contribution in [3.63, 3.8) is 0 Å². The van der Waals surface area contributed by atoms with Crippen molar-refractivity contribution in [2.24, 2.45) is 0 Å². The number of carbonyl (C=O) groups is 1. The van der Waals surface area contributed by atoms with Gasteiger partial charge >= 0.3 is 5.63 Å². The van der Waals surface area contributed by atoms with Crippen LogP contribution in [0.3, 0.4) is 0 Å². The highest BCUT2D eigenvalue weighted by Crippen LogP contribution is 2.34. The van der Waals surface area contributed by atoms with E-state index in [2.05, 4.69) is 0 Å². The number of carbonyl (C=O) groups excluding carboxylic acids is 1. The molecule has 0 radical (unpaired) electrons. The number of hydrogen-bond donors (Lipinski definition) is 1. The molecule has 0 atom stereocenters. The topological polar surface area (TPSA) is 76.7 Å². The number of ketones is 1. The number of Topliss-reactive ketones (excluding diaryl/α,β-unsaturated/α-hetero) is 1. The van der Waals surface area contributed by atoms with Gasteiger partial charge in [0.25, 0.3) is 0 Å². The molecule has 0 unspecified atom stereocenters. The van der Waals surface area contributed by atoms with Gasteiger partial charge in [0, 0.05) is 22.4 Å². The molecule has 0 aliphatic carbocycles. The van der Waals surface area contributed by atoms with Crippen LogP contribution < -0.4 is 10.4 Å². The quantitative estimate of drug-likeness (QED) is 0.447. The first-order valence-corrected chi connectivity index (χ1v) is 6.71. The van der Waals surface area contributed by atoms with Crippen LogP contribution in [0.15, 0.2) is 33.5 Å². The number of methoxy groups -OCH3 is 1. The van der Waals surface area contributed by atoms with E-state index in [9.17, 15) is 14.7 Å². The molecule has 0 aliphatic rings. The lowest BCUT2D eigenvalue weighted by atomic mass is 9.99. The van der Waals surface area contributed by atoms with Gasteiger partial charge in [0.05, 0.1) is 7.11 Å². The number of phenols is 1. The standard InChI is InChI=1S/C17H14O5/c1-8-4-10(9(2)18)5-14-15(8)12-6-11(21-3)7-13(19)16(12)17(20)22-14/h4-7,19H,1-3H3. The van der Waals surface area contributed by atoms with Gasteiger partial charge in [-0.05, 0) is 37.6 Å². The lowest BCUT2D eigenvalue weighted by Crippen LogP contribution is -2.03. The SMILES string of the molecule is COc1cc(O)c2c(=O)oc3cc(C(C)=O)cc(C)c3c2c1. The summed E-state index contributed by atoms with van der Waals surface area (Å²) in [5.74, 6) is 0.133. The van der Waals surface area contributed by atoms with Crippen molar-refractivity contribution in [1.29, 1.82) is 0 Å². The molecule has 0 aliphatic heterocycles. The maximum absolute atomic E-state index is 12.2. The molecule has 5 nitrogen and oxygen atoms in total. The molecule has 1 heterocycles. The second kappa shape index (κ2) is 4.87. The van der Waals surface area contributed by atoms with Gasteiger partial charge in [-0.3, -0.25) is 4.79 Å². The maximum Gasteiger partial charge on any atom is 0.347 e. The zero-order valence-corrected chi connectivity index (χ0v) is 12.4. The molecule has 1 aromatic heterocycles. The van der Waals surface area contributed by atoms with Crippen LogP contribution >= 0.6 is 0 Å². The number of aromatic hydroxyl groups is 1. The Hall–Kier alpha value is -2.82. The third-order valence-electron chi connectivity index (χ3n) is 3.71. The van der Waals surface area contributed by atoms with E-state index in [0.29, 0.717) is 27.7 Å². The first-order valence-electron chi connectivity index (χ1n) is 6.71. The maximum atomic E-state index is 12.2. The lowest BCUT2D eigenvalue weighted by molar-refractivity contribution is 0.101. The van der Waals surface area contributed by atoms with Gasteiger partial charge in [0.1, 0.15) is 22.5 Å². The smallest absolute Gasteiger partial charge is 0.347 e. The van der Waals surface area contributed by atoms with E-state index in [4.69, 9.17) is 9.15 Å². The summed E-state index contributed by atoms with van der Waals surface area (Å²) in [4.78, 5) is 23.7. The van der Waals surface area contributed by atoms with Crippen molar-refractivity contribution in [2.45, 2.75) is 13.8 Å². The molecule has 0 saturated heterocycles. The first kappa shape index (κ1) is 14.1. The molecule has 3 rings (SSSR count). The monoisotopic (exact) mass is 298 g/mol. The van der Waals surface area contributed by atoms with Crippen LogP contribution in [-0.2, 0) is 0 Å². The van der Waals surface area contributed by atoms with Crippen LogP contribution in [0, 0.1) is 6.92 Å². The molecule has 112 valence electrons. The highest BCUT2D eigenvalue weighted by atomic mass is 16.5.